The van der Waals surface area contributed by atoms with Crippen molar-refractivity contribution in [3.63, 3.8) is 0 Å². The summed E-state index contributed by atoms with van der Waals surface area (Å²) in [6.07, 6.45) is 4.52. The minimum Gasteiger partial charge on any atom is -0.466 e. The van der Waals surface area contributed by atoms with Gasteiger partial charge in [-0.2, -0.15) is 0 Å². The van der Waals surface area contributed by atoms with Crippen LogP contribution in [0.25, 0.3) is 0 Å². The molecule has 3 N–H and O–H groups in total. The third-order valence-corrected chi connectivity index (χ3v) is 2.31. The molecule has 0 heterocycles. The van der Waals surface area contributed by atoms with Crippen LogP contribution >= 0.6 is 24.0 Å². The first kappa shape index (κ1) is 20.8. The highest BCUT2D eigenvalue weighted by atomic mass is 127. The number of hydrogen-bond acceptors (Lipinski definition) is 3. The summed E-state index contributed by atoms with van der Waals surface area (Å²) in [5, 5.41) is 3.04. The van der Waals surface area contributed by atoms with Crippen molar-refractivity contribution < 1.29 is 9.53 Å². The molecule has 0 aromatic rings. The molecule has 5 nitrogen and oxygen atoms in total. The SMILES string of the molecule is CCOC(=O)CCCCCCN=C(N)NC(C)C.I. The Hall–Kier alpha value is -0.530. The van der Waals surface area contributed by atoms with Crippen molar-refractivity contribution in [3.05, 3.63) is 0 Å². The maximum absolute atomic E-state index is 11.1. The second-order valence-corrected chi connectivity index (χ2v) is 4.54. The predicted molar refractivity (Wildman–Crippen MR) is 89.9 cm³/mol. The standard InChI is InChI=1S/C13H27N3O2.HI/c1-4-18-12(17)9-7-5-6-8-10-15-13(14)16-11(2)3;/h11H,4-10H2,1-3H3,(H3,14,15,16);1H. The van der Waals surface area contributed by atoms with Crippen LogP contribution in [0, 0.1) is 0 Å². The van der Waals surface area contributed by atoms with Crippen LogP contribution in [0.4, 0.5) is 0 Å². The molecule has 0 amide bonds. The highest BCUT2D eigenvalue weighted by molar-refractivity contribution is 14.0. The second-order valence-electron chi connectivity index (χ2n) is 4.54. The molecule has 0 unspecified atom stereocenters. The predicted octanol–water partition coefficient (Wildman–Crippen LogP) is 2.43. The van der Waals surface area contributed by atoms with Crippen LogP contribution in [-0.4, -0.2) is 31.1 Å². The van der Waals surface area contributed by atoms with Crippen LogP contribution in [0.1, 0.15) is 52.9 Å². The number of nitrogens with two attached hydrogens (primary N) is 1. The Morgan fingerprint density at radius 2 is 1.89 bits per heavy atom. The zero-order valence-electron chi connectivity index (χ0n) is 12.3. The molecule has 114 valence electrons. The zero-order chi connectivity index (χ0) is 13.8. The van der Waals surface area contributed by atoms with Crippen LogP contribution in [-0.2, 0) is 9.53 Å². The minimum atomic E-state index is -0.0964. The first-order valence-electron chi connectivity index (χ1n) is 6.78. The molecule has 6 heteroatoms. The topological polar surface area (TPSA) is 76.7 Å². The van der Waals surface area contributed by atoms with Gasteiger partial charge in [-0.1, -0.05) is 12.8 Å². The number of nitrogens with zero attached hydrogens (tertiary/aromatic N) is 1. The van der Waals surface area contributed by atoms with E-state index in [4.69, 9.17) is 10.5 Å². The molecule has 0 atom stereocenters. The van der Waals surface area contributed by atoms with Gasteiger partial charge in [0.15, 0.2) is 5.96 Å². The molecular weight excluding hydrogens is 357 g/mol. The van der Waals surface area contributed by atoms with Gasteiger partial charge < -0.3 is 15.8 Å². The number of halogens is 1. The lowest BCUT2D eigenvalue weighted by Crippen LogP contribution is -2.36. The second kappa shape index (κ2) is 13.9. The number of aliphatic imine (C=N–C) groups is 1. The molecule has 0 saturated heterocycles. The molecule has 0 aromatic carbocycles. The van der Waals surface area contributed by atoms with Gasteiger partial charge in [-0.15, -0.1) is 24.0 Å². The average molecular weight is 385 g/mol. The summed E-state index contributed by atoms with van der Waals surface area (Å²) in [5.41, 5.74) is 5.67. The average Bonchev–Trinajstić information content (AvgIpc) is 2.27. The van der Waals surface area contributed by atoms with Crippen molar-refractivity contribution in [2.75, 3.05) is 13.2 Å². The number of carbonyl (C=O) groups excluding carboxylic acids is 1. The number of esters is 1. The van der Waals surface area contributed by atoms with E-state index in [0.717, 1.165) is 32.2 Å². The summed E-state index contributed by atoms with van der Waals surface area (Å²) in [5.74, 6) is 0.414. The van der Waals surface area contributed by atoms with E-state index >= 15 is 0 Å². The molecule has 0 saturated carbocycles. The fraction of sp³-hybridized carbons (Fsp3) is 0.846. The summed E-state index contributed by atoms with van der Waals surface area (Å²) in [6.45, 7) is 7.08. The molecule has 0 fully saturated rings. The van der Waals surface area contributed by atoms with Crippen molar-refractivity contribution >= 4 is 35.9 Å². The van der Waals surface area contributed by atoms with Crippen molar-refractivity contribution in [1.29, 1.82) is 0 Å². The molecule has 0 radical (unpaired) electrons. The maximum atomic E-state index is 11.1. The Bertz CT molecular complexity index is 258. The lowest BCUT2D eigenvalue weighted by molar-refractivity contribution is -0.143. The Morgan fingerprint density at radius 3 is 2.47 bits per heavy atom. The lowest BCUT2D eigenvalue weighted by Gasteiger charge is -2.08. The Morgan fingerprint density at radius 1 is 1.26 bits per heavy atom. The van der Waals surface area contributed by atoms with Crippen LogP contribution in [0.3, 0.4) is 0 Å². The van der Waals surface area contributed by atoms with Gasteiger partial charge >= 0.3 is 5.97 Å². The Kier molecular flexibility index (Phi) is 15.2. The van der Waals surface area contributed by atoms with Crippen molar-refractivity contribution in [1.82, 2.24) is 5.32 Å². The molecule has 0 aromatic heterocycles. The Labute approximate surface area is 133 Å². The third-order valence-electron chi connectivity index (χ3n) is 2.31. The first-order valence-corrected chi connectivity index (χ1v) is 6.78. The van der Waals surface area contributed by atoms with Gasteiger partial charge in [0, 0.05) is 19.0 Å². The van der Waals surface area contributed by atoms with Gasteiger partial charge in [0.1, 0.15) is 0 Å². The van der Waals surface area contributed by atoms with Crippen molar-refractivity contribution in [2.45, 2.75) is 58.9 Å². The van der Waals surface area contributed by atoms with Crippen LogP contribution in [0.15, 0.2) is 4.99 Å². The summed E-state index contributed by atoms with van der Waals surface area (Å²) in [7, 11) is 0. The van der Waals surface area contributed by atoms with Crippen molar-refractivity contribution in [2.24, 2.45) is 10.7 Å². The van der Waals surface area contributed by atoms with Gasteiger partial charge in [0.25, 0.3) is 0 Å². The van der Waals surface area contributed by atoms with E-state index in [1.807, 2.05) is 20.8 Å². The molecule has 0 aliphatic rings. The lowest BCUT2D eigenvalue weighted by atomic mass is 10.1. The van der Waals surface area contributed by atoms with Gasteiger partial charge in [-0.3, -0.25) is 9.79 Å². The molecule has 0 bridgehead atoms. The fourth-order valence-corrected chi connectivity index (χ4v) is 1.51. The van der Waals surface area contributed by atoms with E-state index in [0.29, 0.717) is 25.0 Å². The monoisotopic (exact) mass is 385 g/mol. The highest BCUT2D eigenvalue weighted by Gasteiger charge is 2.00. The summed E-state index contributed by atoms with van der Waals surface area (Å²) in [4.78, 5) is 15.3. The number of ether oxygens (including phenoxy) is 1. The number of unbranched alkanes of at least 4 members (excludes halogenated alkanes) is 3. The van der Waals surface area contributed by atoms with E-state index in [-0.39, 0.29) is 29.9 Å². The fourth-order valence-electron chi connectivity index (χ4n) is 1.51. The number of nitrogens with one attached hydrogen (secondary N) is 1. The van der Waals surface area contributed by atoms with E-state index in [2.05, 4.69) is 10.3 Å². The zero-order valence-corrected chi connectivity index (χ0v) is 14.6. The maximum Gasteiger partial charge on any atom is 0.305 e. The number of guanidine groups is 1. The van der Waals surface area contributed by atoms with Gasteiger partial charge in [0.2, 0.25) is 0 Å². The molecule has 0 rings (SSSR count). The summed E-state index contributed by atoms with van der Waals surface area (Å²) >= 11 is 0. The molecular formula is C13H28IN3O2. The van der Waals surface area contributed by atoms with Crippen LogP contribution in [0.5, 0.6) is 0 Å². The van der Waals surface area contributed by atoms with Gasteiger partial charge in [-0.05, 0) is 33.6 Å². The number of hydrogen-bond donors (Lipinski definition) is 2. The van der Waals surface area contributed by atoms with Gasteiger partial charge in [0.05, 0.1) is 6.61 Å². The van der Waals surface area contributed by atoms with Crippen LogP contribution in [0.2, 0.25) is 0 Å². The van der Waals surface area contributed by atoms with Crippen LogP contribution < -0.4 is 11.1 Å². The van der Waals surface area contributed by atoms with E-state index in [1.165, 1.54) is 0 Å². The Balaban J connectivity index is 0. The quantitative estimate of drug-likeness (QED) is 0.210. The van der Waals surface area contributed by atoms with Crippen molar-refractivity contribution in [3.8, 4) is 0 Å². The number of carbonyl (C=O) groups is 1. The highest BCUT2D eigenvalue weighted by Crippen LogP contribution is 2.04. The molecule has 0 aliphatic carbocycles. The third kappa shape index (κ3) is 15.4. The van der Waals surface area contributed by atoms with Gasteiger partial charge in [-0.25, -0.2) is 0 Å². The molecule has 0 spiro atoms. The van der Waals surface area contributed by atoms with E-state index in [9.17, 15) is 4.79 Å². The van der Waals surface area contributed by atoms with E-state index < -0.39 is 0 Å². The minimum absolute atomic E-state index is 0. The largest absolute Gasteiger partial charge is 0.466 e. The summed E-state index contributed by atoms with van der Waals surface area (Å²) in [6, 6.07) is 0.318. The molecule has 0 aliphatic heterocycles. The van der Waals surface area contributed by atoms with E-state index in [1.54, 1.807) is 0 Å². The normalized spacial score (nSPS) is 11.1. The smallest absolute Gasteiger partial charge is 0.305 e. The summed E-state index contributed by atoms with van der Waals surface area (Å²) < 4.78 is 4.85. The molecule has 19 heavy (non-hydrogen) atoms. The number of rotatable bonds is 9. The first-order chi connectivity index (χ1) is 8.56.